The Kier molecular flexibility index (Phi) is 7.96. The summed E-state index contributed by atoms with van der Waals surface area (Å²) in [5.41, 5.74) is 0.515. The van der Waals surface area contributed by atoms with Gasteiger partial charge in [0.05, 0.1) is 30.9 Å². The van der Waals surface area contributed by atoms with Crippen LogP contribution in [0.1, 0.15) is 61.6 Å². The zero-order chi connectivity index (χ0) is 21.4. The largest absolute Gasteiger partial charge is 0.494 e. The molecule has 164 valence electrons. The molecule has 1 aromatic carbocycles. The number of ether oxygens (including phenoxy) is 1. The van der Waals surface area contributed by atoms with Crippen LogP contribution in [-0.4, -0.2) is 43.4 Å². The van der Waals surface area contributed by atoms with Crippen molar-refractivity contribution in [3.8, 4) is 5.75 Å². The number of carbonyl (C=O) groups is 1. The summed E-state index contributed by atoms with van der Waals surface area (Å²) in [5, 5.41) is 0. The molecule has 1 saturated heterocycles. The summed E-state index contributed by atoms with van der Waals surface area (Å²) in [6.07, 6.45) is 7.90. The number of hydrogen-bond donors (Lipinski definition) is 0. The Morgan fingerprint density at radius 1 is 1.13 bits per heavy atom. The van der Waals surface area contributed by atoms with E-state index in [1.165, 1.54) is 19.3 Å². The normalized spacial score (nSPS) is 17.7. The smallest absolute Gasteiger partial charge is 0.254 e. The fourth-order valence-corrected chi connectivity index (χ4v) is 5.44. The van der Waals surface area contributed by atoms with Crippen molar-refractivity contribution in [1.82, 2.24) is 4.90 Å². The summed E-state index contributed by atoms with van der Waals surface area (Å²) in [4.78, 5) is 14.8. The minimum Gasteiger partial charge on any atom is -0.494 e. The molecule has 1 amide bonds. The fraction of sp³-hybridized carbons (Fsp3) is 0.522. The highest BCUT2D eigenvalue weighted by molar-refractivity contribution is 7.91. The van der Waals surface area contributed by atoms with Gasteiger partial charge in [-0.2, -0.15) is 0 Å². The first-order valence-electron chi connectivity index (χ1n) is 10.7. The first kappa shape index (κ1) is 22.4. The van der Waals surface area contributed by atoms with Crippen LogP contribution in [0, 0.1) is 0 Å². The lowest BCUT2D eigenvalue weighted by atomic mass is 10.1. The number of furan rings is 1. The third kappa shape index (κ3) is 6.36. The SMILES string of the molecule is CCCCCCCOc1ccc(C(=O)N(Cc2ccco2)C2CCS(=O)(=O)C2)cc1. The second-order valence-electron chi connectivity index (χ2n) is 7.86. The quantitative estimate of drug-likeness (QED) is 0.489. The number of hydrogen-bond acceptors (Lipinski definition) is 5. The van der Waals surface area contributed by atoms with Crippen molar-refractivity contribution >= 4 is 15.7 Å². The first-order valence-corrected chi connectivity index (χ1v) is 12.6. The number of sulfone groups is 1. The molecule has 3 rings (SSSR count). The molecule has 30 heavy (non-hydrogen) atoms. The third-order valence-corrected chi connectivity index (χ3v) is 7.18. The van der Waals surface area contributed by atoms with Gasteiger partial charge in [-0.25, -0.2) is 8.42 Å². The van der Waals surface area contributed by atoms with Crippen LogP contribution in [-0.2, 0) is 16.4 Å². The number of unbranched alkanes of at least 4 members (excludes halogenated alkanes) is 4. The molecule has 0 spiro atoms. The Hall–Kier alpha value is -2.28. The molecule has 1 fully saturated rings. The summed E-state index contributed by atoms with van der Waals surface area (Å²) in [5.74, 6) is 1.29. The van der Waals surface area contributed by atoms with Crippen molar-refractivity contribution in [2.45, 2.75) is 58.0 Å². The zero-order valence-electron chi connectivity index (χ0n) is 17.6. The first-order chi connectivity index (χ1) is 14.5. The predicted octanol–water partition coefficient (Wildman–Crippen LogP) is 4.46. The highest BCUT2D eigenvalue weighted by atomic mass is 32.2. The summed E-state index contributed by atoms with van der Waals surface area (Å²) in [6.45, 7) is 3.12. The van der Waals surface area contributed by atoms with E-state index in [1.54, 1.807) is 47.6 Å². The Balaban J connectivity index is 1.62. The minimum absolute atomic E-state index is 0.00131. The summed E-state index contributed by atoms with van der Waals surface area (Å²) in [7, 11) is -3.11. The van der Waals surface area contributed by atoms with Gasteiger partial charge in [-0.3, -0.25) is 4.79 Å². The molecule has 0 saturated carbocycles. The maximum atomic E-state index is 13.2. The Morgan fingerprint density at radius 2 is 1.90 bits per heavy atom. The highest BCUT2D eigenvalue weighted by Gasteiger charge is 2.35. The molecule has 1 aliphatic rings. The standard InChI is InChI=1S/C23H31NO5S/c1-2-3-4-5-6-14-28-21-11-9-19(10-12-21)23(25)24(17-22-8-7-15-29-22)20-13-16-30(26,27)18-20/h7-12,15,20H,2-6,13-14,16-18H2,1H3. The van der Waals surface area contributed by atoms with Crippen LogP contribution < -0.4 is 4.74 Å². The Labute approximate surface area is 179 Å². The molecule has 6 nitrogen and oxygen atoms in total. The number of amides is 1. The highest BCUT2D eigenvalue weighted by Crippen LogP contribution is 2.23. The van der Waals surface area contributed by atoms with Gasteiger partial charge in [0.1, 0.15) is 11.5 Å². The van der Waals surface area contributed by atoms with Gasteiger partial charge in [-0.05, 0) is 49.2 Å². The molecule has 1 atom stereocenters. The van der Waals surface area contributed by atoms with E-state index in [0.717, 1.165) is 18.6 Å². The predicted molar refractivity (Wildman–Crippen MR) is 116 cm³/mol. The van der Waals surface area contributed by atoms with Crippen LogP contribution in [0.2, 0.25) is 0 Å². The second kappa shape index (κ2) is 10.7. The van der Waals surface area contributed by atoms with E-state index in [1.807, 2.05) is 0 Å². The van der Waals surface area contributed by atoms with Crippen LogP contribution in [0.4, 0.5) is 0 Å². The maximum Gasteiger partial charge on any atom is 0.254 e. The average Bonchev–Trinajstić information content (AvgIpc) is 3.38. The van der Waals surface area contributed by atoms with Crippen molar-refractivity contribution < 1.29 is 22.4 Å². The summed E-state index contributed by atoms with van der Waals surface area (Å²) in [6, 6.07) is 10.3. The number of benzene rings is 1. The van der Waals surface area contributed by atoms with Gasteiger partial charge >= 0.3 is 0 Å². The van der Waals surface area contributed by atoms with Crippen molar-refractivity contribution in [3.05, 3.63) is 54.0 Å². The maximum absolute atomic E-state index is 13.2. The molecular formula is C23H31NO5S. The number of nitrogens with zero attached hydrogens (tertiary/aromatic N) is 1. The van der Waals surface area contributed by atoms with E-state index in [-0.39, 0.29) is 30.0 Å². The van der Waals surface area contributed by atoms with Gasteiger partial charge in [-0.15, -0.1) is 0 Å². The molecule has 7 heteroatoms. The molecule has 0 bridgehead atoms. The molecule has 1 aromatic heterocycles. The lowest BCUT2D eigenvalue weighted by molar-refractivity contribution is 0.0666. The van der Waals surface area contributed by atoms with Gasteiger partial charge in [0, 0.05) is 11.6 Å². The summed E-state index contributed by atoms with van der Waals surface area (Å²) < 4.78 is 35.1. The number of carbonyl (C=O) groups excluding carboxylic acids is 1. The lowest BCUT2D eigenvalue weighted by Crippen LogP contribution is -2.40. The Bertz CT molecular complexity index is 890. The molecule has 0 N–H and O–H groups in total. The van der Waals surface area contributed by atoms with E-state index >= 15 is 0 Å². The van der Waals surface area contributed by atoms with Gasteiger partial charge in [0.25, 0.3) is 5.91 Å². The molecule has 1 unspecified atom stereocenters. The van der Waals surface area contributed by atoms with E-state index in [0.29, 0.717) is 24.4 Å². The lowest BCUT2D eigenvalue weighted by Gasteiger charge is -2.27. The van der Waals surface area contributed by atoms with E-state index in [4.69, 9.17) is 9.15 Å². The second-order valence-corrected chi connectivity index (χ2v) is 10.1. The molecule has 1 aliphatic heterocycles. The van der Waals surface area contributed by atoms with E-state index < -0.39 is 9.84 Å². The topological polar surface area (TPSA) is 76.8 Å². The summed E-state index contributed by atoms with van der Waals surface area (Å²) >= 11 is 0. The zero-order valence-corrected chi connectivity index (χ0v) is 18.4. The van der Waals surface area contributed by atoms with Crippen LogP contribution >= 0.6 is 0 Å². The van der Waals surface area contributed by atoms with Crippen LogP contribution in [0.25, 0.3) is 0 Å². The van der Waals surface area contributed by atoms with Gasteiger partial charge in [0.2, 0.25) is 0 Å². The molecule has 0 aliphatic carbocycles. The van der Waals surface area contributed by atoms with Gasteiger partial charge in [-0.1, -0.05) is 32.6 Å². The van der Waals surface area contributed by atoms with Crippen molar-refractivity contribution in [2.75, 3.05) is 18.1 Å². The van der Waals surface area contributed by atoms with E-state index in [9.17, 15) is 13.2 Å². The van der Waals surface area contributed by atoms with Gasteiger partial charge < -0.3 is 14.1 Å². The molecule has 2 aromatic rings. The fourth-order valence-electron chi connectivity index (χ4n) is 3.71. The number of rotatable bonds is 11. The molecular weight excluding hydrogens is 402 g/mol. The van der Waals surface area contributed by atoms with Crippen molar-refractivity contribution in [3.63, 3.8) is 0 Å². The van der Waals surface area contributed by atoms with Crippen LogP contribution in [0.5, 0.6) is 5.75 Å². The Morgan fingerprint density at radius 3 is 2.53 bits per heavy atom. The minimum atomic E-state index is -3.11. The van der Waals surface area contributed by atoms with Crippen molar-refractivity contribution in [1.29, 1.82) is 0 Å². The van der Waals surface area contributed by atoms with Gasteiger partial charge in [0.15, 0.2) is 9.84 Å². The van der Waals surface area contributed by atoms with Crippen LogP contribution in [0.15, 0.2) is 47.1 Å². The van der Waals surface area contributed by atoms with Crippen LogP contribution in [0.3, 0.4) is 0 Å². The van der Waals surface area contributed by atoms with Crippen molar-refractivity contribution in [2.24, 2.45) is 0 Å². The monoisotopic (exact) mass is 433 g/mol. The third-order valence-electron chi connectivity index (χ3n) is 5.43. The molecule has 0 radical (unpaired) electrons. The average molecular weight is 434 g/mol. The van der Waals surface area contributed by atoms with E-state index in [2.05, 4.69) is 6.92 Å². The molecule has 2 heterocycles.